The van der Waals surface area contributed by atoms with Crippen LogP contribution in [0.1, 0.15) is 160 Å². The molecule has 1 saturated heterocycles. The van der Waals surface area contributed by atoms with Crippen molar-refractivity contribution in [3.05, 3.63) is 100 Å². The summed E-state index contributed by atoms with van der Waals surface area (Å²) in [6.07, 6.45) is 7.69. The van der Waals surface area contributed by atoms with Crippen LogP contribution in [-0.4, -0.2) is 191 Å². The van der Waals surface area contributed by atoms with Crippen molar-refractivity contribution in [3.8, 4) is 0 Å². The highest BCUT2D eigenvalue weighted by Crippen LogP contribution is 2.31. The van der Waals surface area contributed by atoms with E-state index in [0.29, 0.717) is 67.0 Å². The normalized spacial score (nSPS) is 15.8. The van der Waals surface area contributed by atoms with Gasteiger partial charge in [-0.1, -0.05) is 109 Å². The molecule has 0 spiro atoms. The van der Waals surface area contributed by atoms with Crippen molar-refractivity contribution in [1.82, 2.24) is 67.3 Å². The number of benzene rings is 2. The van der Waals surface area contributed by atoms with Gasteiger partial charge in [-0.15, -0.1) is 11.3 Å². The number of ether oxygens (including phenoxy) is 3. The zero-order valence-corrected chi connectivity index (χ0v) is 63.4. The van der Waals surface area contributed by atoms with Crippen molar-refractivity contribution in [1.29, 1.82) is 0 Å². The molecule has 12 amide bonds. The van der Waals surface area contributed by atoms with Gasteiger partial charge in [0.25, 0.3) is 5.91 Å². The van der Waals surface area contributed by atoms with Gasteiger partial charge in [-0.3, -0.25) is 43.2 Å². The number of nitrogens with two attached hydrogens (primary N) is 1. The van der Waals surface area contributed by atoms with Crippen molar-refractivity contribution in [2.24, 2.45) is 29.4 Å². The van der Waals surface area contributed by atoms with E-state index in [9.17, 15) is 52.7 Å². The van der Waals surface area contributed by atoms with Crippen LogP contribution < -0.4 is 53.6 Å². The van der Waals surface area contributed by atoms with Gasteiger partial charge >= 0.3 is 12.1 Å². The number of aromatic nitrogens is 3. The third-order valence-electron chi connectivity index (χ3n) is 18.2. The fraction of sp³-hybridized carbons (Fsp3) is 0.583. The molecule has 29 nitrogen and oxygen atoms in total. The van der Waals surface area contributed by atoms with Crippen LogP contribution in [0.15, 0.2) is 83.7 Å². The zero-order chi connectivity index (χ0) is 76.1. The van der Waals surface area contributed by atoms with E-state index in [1.54, 1.807) is 77.2 Å². The topological polar surface area (TPSA) is 395 Å². The summed E-state index contributed by atoms with van der Waals surface area (Å²) >= 11 is 2.81. The van der Waals surface area contributed by atoms with Gasteiger partial charge in [-0.05, 0) is 112 Å². The number of carbonyl (C=O) groups excluding carboxylic acids is 11. The summed E-state index contributed by atoms with van der Waals surface area (Å²) in [5.41, 5.74) is 5.79. The minimum absolute atomic E-state index is 0.0326. The van der Waals surface area contributed by atoms with E-state index in [4.69, 9.17) is 19.9 Å². The van der Waals surface area contributed by atoms with E-state index in [0.717, 1.165) is 10.6 Å². The first-order chi connectivity index (χ1) is 48.9. The number of hydrogen-bond acceptors (Lipinski definition) is 19. The van der Waals surface area contributed by atoms with Gasteiger partial charge in [-0.2, -0.15) is 0 Å². The smallest absolute Gasteiger partial charge is 0.408 e. The van der Waals surface area contributed by atoms with Gasteiger partial charge < -0.3 is 77.6 Å². The standard InChI is InChI=1S/C72H107N15O14S2/c1-15-44(6)59(55(99-12)38-56(89)87-35-22-27-54(87)60(100-13)45(7)61(90)82-53(66-75-34-36-103-66)37-47-23-17-16-18-24-47)86(11)67(95)58(43(4)5)84-68(96)72(9,10)85-71(98)101-41-48-28-30-50(31-29-48)80-63(92)52(26-21-33-76-69(73)97)81-65(94)57(42(2)3)83-64(93)51(79-46(8)88)25-19-20-32-74-62(91)49-39-77-70(102-14)78-40-49/h16-18,23-24,28-31,34,36,39-40,42-45,51-55,57-60H,15,19-22,25-27,32-33,35,37-38,41H2,1-14H3,(H,74,91)(H,79,88)(H,80,92)(H,81,94)(H,82,90)(H,83,93)(H,84,96)(H,85,98)(H3,73,76,97)/t44-,45+,51-,52-,53-,54-,55+,57-,58-,59-,60+/m0/s1. The summed E-state index contributed by atoms with van der Waals surface area (Å²) in [6, 6.07) is 9.46. The first-order valence-corrected chi connectivity index (χ1v) is 37.1. The number of hydrogen-bond donors (Lipinski definition) is 10. The second-order valence-electron chi connectivity index (χ2n) is 27.1. The third kappa shape index (κ3) is 26.4. The Kier molecular flexibility index (Phi) is 34.7. The van der Waals surface area contributed by atoms with Crippen LogP contribution in [0, 0.1) is 23.7 Å². The van der Waals surface area contributed by atoms with E-state index >= 15 is 0 Å². The number of primary amides is 1. The number of nitrogens with one attached hydrogen (secondary N) is 9. The summed E-state index contributed by atoms with van der Waals surface area (Å²) in [6.45, 7) is 17.4. The Bertz CT molecular complexity index is 3430. The number of amides is 12. The van der Waals surface area contributed by atoms with Gasteiger partial charge in [0.05, 0.1) is 48.2 Å². The Hall–Kier alpha value is -8.81. The molecule has 1 fully saturated rings. The number of likely N-dealkylation sites (N-methyl/N-ethyl adjacent to an activating group) is 1. The van der Waals surface area contributed by atoms with E-state index < -0.39 is 119 Å². The molecular weight excluding hydrogens is 1360 g/mol. The van der Waals surface area contributed by atoms with Crippen molar-refractivity contribution in [3.63, 3.8) is 0 Å². The maximum atomic E-state index is 14.8. The zero-order valence-electron chi connectivity index (χ0n) is 61.8. The van der Waals surface area contributed by atoms with Crippen LogP contribution in [0.25, 0.3) is 0 Å². The van der Waals surface area contributed by atoms with E-state index in [1.165, 1.54) is 68.3 Å². The quantitative estimate of drug-likeness (QED) is 0.0140. The molecule has 4 aromatic rings. The molecule has 566 valence electrons. The summed E-state index contributed by atoms with van der Waals surface area (Å²) in [7, 11) is 4.68. The molecular formula is C72H107N15O14S2. The Morgan fingerprint density at radius 2 is 1.40 bits per heavy atom. The molecule has 0 saturated carbocycles. The SMILES string of the molecule is CC[C@H](C)[C@@H]([C@@H](CC(=O)N1CCC[C@H]1[C@H](OC)[C@@H](C)C(=O)N[C@@H](Cc1ccccc1)c1nccs1)OC)N(C)C(=O)[C@@H](NC(=O)C(C)(C)NC(=O)OCc1ccc(NC(=O)[C@H](CCCNC(N)=O)NC(=O)[C@@H](NC(=O)[C@H](CCCCNC(=O)c2cnc(SC)nc2)NC(C)=O)C(C)C)cc1)C(C)C. The Balaban J connectivity index is 1.16. The molecule has 11 atom stereocenters. The highest BCUT2D eigenvalue weighted by molar-refractivity contribution is 7.98. The lowest BCUT2D eigenvalue weighted by molar-refractivity contribution is -0.148. The molecule has 1 aliphatic heterocycles. The van der Waals surface area contributed by atoms with Crippen LogP contribution in [0.4, 0.5) is 15.3 Å². The molecule has 5 rings (SSSR count). The number of likely N-dealkylation sites (tertiary alicyclic amines) is 1. The van der Waals surface area contributed by atoms with Gasteiger partial charge in [0.2, 0.25) is 47.3 Å². The molecule has 0 radical (unpaired) electrons. The van der Waals surface area contributed by atoms with Gasteiger partial charge in [-0.25, -0.2) is 24.5 Å². The number of thiazole rings is 1. The summed E-state index contributed by atoms with van der Waals surface area (Å²) in [5.74, 6) is -6.12. The molecule has 103 heavy (non-hydrogen) atoms. The molecule has 3 heterocycles. The van der Waals surface area contributed by atoms with Crippen LogP contribution in [0.3, 0.4) is 0 Å². The molecule has 2 aromatic carbocycles. The number of thioether (sulfide) groups is 1. The van der Waals surface area contributed by atoms with Crippen molar-refractivity contribution in [2.45, 2.75) is 205 Å². The fourth-order valence-corrected chi connectivity index (χ4v) is 13.2. The monoisotopic (exact) mass is 1470 g/mol. The lowest BCUT2D eigenvalue weighted by Crippen LogP contribution is -2.62. The number of alkyl carbamates (subject to hydrolysis) is 1. The molecule has 0 unspecified atom stereocenters. The molecule has 0 aliphatic carbocycles. The minimum atomic E-state index is -1.61. The number of methoxy groups -OCH3 is 2. The molecule has 2 aromatic heterocycles. The number of anilines is 1. The van der Waals surface area contributed by atoms with E-state index in [2.05, 4.69) is 62.8 Å². The predicted molar refractivity (Wildman–Crippen MR) is 392 cm³/mol. The summed E-state index contributed by atoms with van der Waals surface area (Å²) in [5, 5.41) is 28.0. The average molecular weight is 1470 g/mol. The minimum Gasteiger partial charge on any atom is -0.445 e. The van der Waals surface area contributed by atoms with Gasteiger partial charge in [0, 0.05) is 77.5 Å². The highest BCUT2D eigenvalue weighted by atomic mass is 32.2. The molecule has 1 aliphatic rings. The molecule has 31 heteroatoms. The molecule has 11 N–H and O–H groups in total. The van der Waals surface area contributed by atoms with Gasteiger partial charge in [0.1, 0.15) is 41.3 Å². The van der Waals surface area contributed by atoms with Crippen LogP contribution >= 0.6 is 23.1 Å². The van der Waals surface area contributed by atoms with Crippen molar-refractivity contribution >= 4 is 94.1 Å². The summed E-state index contributed by atoms with van der Waals surface area (Å²) in [4.78, 5) is 165. The fourth-order valence-electron chi connectivity index (χ4n) is 12.2. The van der Waals surface area contributed by atoms with Gasteiger partial charge in [0.15, 0.2) is 5.16 Å². The van der Waals surface area contributed by atoms with Crippen LogP contribution in [-0.2, 0) is 65.6 Å². The first-order valence-electron chi connectivity index (χ1n) is 35.0. The second kappa shape index (κ2) is 42.1. The lowest BCUT2D eigenvalue weighted by Gasteiger charge is -2.41. The Labute approximate surface area is 612 Å². The number of nitrogens with zero attached hydrogens (tertiary/aromatic N) is 5. The van der Waals surface area contributed by atoms with Crippen LogP contribution in [0.2, 0.25) is 0 Å². The molecule has 0 bridgehead atoms. The summed E-state index contributed by atoms with van der Waals surface area (Å²) < 4.78 is 17.7. The first kappa shape index (κ1) is 84.8. The average Bonchev–Trinajstić information content (AvgIpc) is 1.80. The van der Waals surface area contributed by atoms with E-state index in [1.807, 2.05) is 62.7 Å². The van der Waals surface area contributed by atoms with Crippen LogP contribution in [0.5, 0.6) is 0 Å². The lowest BCUT2D eigenvalue weighted by atomic mass is 9.89. The number of rotatable bonds is 41. The Morgan fingerprint density at radius 1 is 0.748 bits per heavy atom. The van der Waals surface area contributed by atoms with Crippen molar-refractivity contribution in [2.75, 3.05) is 52.5 Å². The predicted octanol–water partition coefficient (Wildman–Crippen LogP) is 5.94. The highest BCUT2D eigenvalue weighted by Gasteiger charge is 2.44. The van der Waals surface area contributed by atoms with E-state index in [-0.39, 0.29) is 75.1 Å². The van der Waals surface area contributed by atoms with Crippen molar-refractivity contribution < 1.29 is 67.0 Å². The Morgan fingerprint density at radius 3 is 1.99 bits per heavy atom. The third-order valence-corrected chi connectivity index (χ3v) is 19.7. The maximum Gasteiger partial charge on any atom is 0.408 e. The number of carbonyl (C=O) groups is 11. The number of urea groups is 1. The largest absolute Gasteiger partial charge is 0.445 e. The maximum absolute atomic E-state index is 14.8. The second-order valence-corrected chi connectivity index (χ2v) is 28.8. The number of unbranched alkanes of at least 4 members (excludes halogenated alkanes) is 1.